The van der Waals surface area contributed by atoms with Crippen molar-refractivity contribution in [3.63, 3.8) is 0 Å². The zero-order chi connectivity index (χ0) is 15.1. The van der Waals surface area contributed by atoms with Gasteiger partial charge in [0, 0.05) is 19.3 Å². The molecule has 2 heterocycles. The minimum absolute atomic E-state index is 0.251. The lowest BCUT2D eigenvalue weighted by Gasteiger charge is -2.09. The van der Waals surface area contributed by atoms with Crippen LogP contribution in [0.25, 0.3) is 11.0 Å². The van der Waals surface area contributed by atoms with Crippen molar-refractivity contribution < 1.29 is 4.39 Å². The van der Waals surface area contributed by atoms with E-state index in [0.717, 1.165) is 17.0 Å². The number of rotatable bonds is 3. The highest BCUT2D eigenvalue weighted by molar-refractivity contribution is 6.20. The summed E-state index contributed by atoms with van der Waals surface area (Å²) in [4.78, 5) is 4.47. The zero-order valence-corrected chi connectivity index (χ0v) is 12.9. The molecule has 0 bridgehead atoms. The van der Waals surface area contributed by atoms with Crippen LogP contribution in [0.15, 0.2) is 24.4 Å². The van der Waals surface area contributed by atoms with Gasteiger partial charge in [-0.2, -0.15) is 5.10 Å². The van der Waals surface area contributed by atoms with Gasteiger partial charge in [-0.15, -0.1) is 11.6 Å². The number of benzene rings is 1. The molecule has 3 rings (SSSR count). The standard InChI is InChI=1S/C15H16ClFN4/c1-9-6-14-13(7-12(9)17)18-15(10(2)16)21(14)8-11-4-5-20(3)19-11/h4-7,10H,8H2,1-3H3. The molecule has 0 saturated heterocycles. The Morgan fingerprint density at radius 3 is 2.76 bits per heavy atom. The van der Waals surface area contributed by atoms with Gasteiger partial charge in [0.2, 0.25) is 0 Å². The number of hydrogen-bond acceptors (Lipinski definition) is 2. The maximum Gasteiger partial charge on any atom is 0.128 e. The van der Waals surface area contributed by atoms with Gasteiger partial charge in [0.15, 0.2) is 0 Å². The molecule has 1 aromatic carbocycles. The molecule has 4 nitrogen and oxygen atoms in total. The monoisotopic (exact) mass is 306 g/mol. The van der Waals surface area contributed by atoms with E-state index < -0.39 is 0 Å². The van der Waals surface area contributed by atoms with Crippen LogP contribution in [0.1, 0.15) is 29.4 Å². The summed E-state index contributed by atoms with van der Waals surface area (Å²) in [5.41, 5.74) is 3.01. The maximum absolute atomic E-state index is 13.7. The second kappa shape index (κ2) is 5.15. The number of fused-ring (bicyclic) bond motifs is 1. The largest absolute Gasteiger partial charge is 0.321 e. The van der Waals surface area contributed by atoms with Crippen LogP contribution in [-0.4, -0.2) is 19.3 Å². The third kappa shape index (κ3) is 2.53. The average molecular weight is 307 g/mol. The van der Waals surface area contributed by atoms with E-state index in [1.165, 1.54) is 6.07 Å². The second-order valence-electron chi connectivity index (χ2n) is 5.24. The fourth-order valence-corrected chi connectivity index (χ4v) is 2.61. The molecule has 0 aliphatic carbocycles. The van der Waals surface area contributed by atoms with Gasteiger partial charge in [-0.25, -0.2) is 9.37 Å². The van der Waals surface area contributed by atoms with E-state index in [-0.39, 0.29) is 11.2 Å². The van der Waals surface area contributed by atoms with Gasteiger partial charge in [0.1, 0.15) is 11.6 Å². The van der Waals surface area contributed by atoms with Crippen molar-refractivity contribution in [3.8, 4) is 0 Å². The van der Waals surface area contributed by atoms with E-state index in [9.17, 15) is 4.39 Å². The highest BCUT2D eigenvalue weighted by Gasteiger charge is 2.17. The Morgan fingerprint density at radius 1 is 1.38 bits per heavy atom. The molecule has 0 N–H and O–H groups in total. The maximum atomic E-state index is 13.7. The highest BCUT2D eigenvalue weighted by atomic mass is 35.5. The van der Waals surface area contributed by atoms with Gasteiger partial charge in [-0.3, -0.25) is 4.68 Å². The van der Waals surface area contributed by atoms with E-state index in [1.807, 2.05) is 36.9 Å². The topological polar surface area (TPSA) is 35.6 Å². The number of alkyl halides is 1. The lowest BCUT2D eigenvalue weighted by Crippen LogP contribution is -2.07. The first-order valence-electron chi connectivity index (χ1n) is 6.74. The molecule has 1 atom stereocenters. The fraction of sp³-hybridized carbons (Fsp3) is 0.333. The normalized spacial score (nSPS) is 13.0. The molecule has 6 heteroatoms. The molecule has 0 fully saturated rings. The van der Waals surface area contributed by atoms with Gasteiger partial charge >= 0.3 is 0 Å². The molecule has 0 aliphatic heterocycles. The SMILES string of the molecule is Cc1cc2c(cc1F)nc(C(C)Cl)n2Cc1ccn(C)n1. The van der Waals surface area contributed by atoms with Gasteiger partial charge in [0.25, 0.3) is 0 Å². The Bertz CT molecular complexity index is 803. The van der Waals surface area contributed by atoms with E-state index in [4.69, 9.17) is 11.6 Å². The van der Waals surface area contributed by atoms with Crippen LogP contribution in [0.3, 0.4) is 0 Å². The molecular weight excluding hydrogens is 291 g/mol. The number of nitrogens with zero attached hydrogens (tertiary/aromatic N) is 4. The summed E-state index contributed by atoms with van der Waals surface area (Å²) in [6.45, 7) is 4.17. The minimum atomic E-state index is -0.260. The van der Waals surface area contributed by atoms with E-state index in [0.29, 0.717) is 17.6 Å². The molecule has 2 aromatic heterocycles. The smallest absolute Gasteiger partial charge is 0.128 e. The van der Waals surface area contributed by atoms with Gasteiger partial charge in [-0.1, -0.05) is 0 Å². The quantitative estimate of drug-likeness (QED) is 0.694. The van der Waals surface area contributed by atoms with Gasteiger partial charge in [-0.05, 0) is 31.5 Å². The van der Waals surface area contributed by atoms with Crippen molar-refractivity contribution in [2.24, 2.45) is 7.05 Å². The van der Waals surface area contributed by atoms with E-state index >= 15 is 0 Å². The molecule has 1 unspecified atom stereocenters. The van der Waals surface area contributed by atoms with Crippen LogP contribution in [0.2, 0.25) is 0 Å². The number of halogens is 2. The summed E-state index contributed by atoms with van der Waals surface area (Å²) in [7, 11) is 1.88. The first-order chi connectivity index (χ1) is 9.95. The minimum Gasteiger partial charge on any atom is -0.321 e. The lowest BCUT2D eigenvalue weighted by molar-refractivity contribution is 0.620. The summed E-state index contributed by atoms with van der Waals surface area (Å²) in [5, 5.41) is 4.12. The first-order valence-corrected chi connectivity index (χ1v) is 7.18. The third-order valence-corrected chi connectivity index (χ3v) is 3.70. The van der Waals surface area contributed by atoms with Crippen molar-refractivity contribution in [1.29, 1.82) is 0 Å². The molecule has 0 spiro atoms. The van der Waals surface area contributed by atoms with Gasteiger partial charge < -0.3 is 4.57 Å². The fourth-order valence-electron chi connectivity index (χ4n) is 2.45. The number of aryl methyl sites for hydroxylation is 2. The predicted octanol–water partition coefficient (Wildman–Crippen LogP) is 3.57. The Kier molecular flexibility index (Phi) is 3.45. The number of imidazole rings is 1. The average Bonchev–Trinajstić information content (AvgIpc) is 2.96. The van der Waals surface area contributed by atoms with Crippen molar-refractivity contribution in [1.82, 2.24) is 19.3 Å². The van der Waals surface area contributed by atoms with Crippen LogP contribution >= 0.6 is 11.6 Å². The van der Waals surface area contributed by atoms with Crippen molar-refractivity contribution >= 4 is 22.6 Å². The van der Waals surface area contributed by atoms with Crippen molar-refractivity contribution in [2.45, 2.75) is 25.8 Å². The Labute approximate surface area is 127 Å². The second-order valence-corrected chi connectivity index (χ2v) is 5.90. The van der Waals surface area contributed by atoms with Crippen LogP contribution < -0.4 is 0 Å². The molecular formula is C15H16ClFN4. The summed E-state index contributed by atoms with van der Waals surface area (Å²) in [6.07, 6.45) is 1.89. The molecule has 21 heavy (non-hydrogen) atoms. The van der Waals surface area contributed by atoms with Gasteiger partial charge in [0.05, 0.1) is 28.6 Å². The Balaban J connectivity index is 2.17. The molecule has 110 valence electrons. The third-order valence-electron chi connectivity index (χ3n) is 3.50. The van der Waals surface area contributed by atoms with Crippen LogP contribution in [0, 0.1) is 12.7 Å². The lowest BCUT2D eigenvalue weighted by atomic mass is 10.2. The van der Waals surface area contributed by atoms with E-state index in [1.54, 1.807) is 11.6 Å². The molecule has 0 saturated carbocycles. The number of aromatic nitrogens is 4. The number of hydrogen-bond donors (Lipinski definition) is 0. The Morgan fingerprint density at radius 2 is 2.14 bits per heavy atom. The van der Waals surface area contributed by atoms with Crippen molar-refractivity contribution in [3.05, 3.63) is 47.3 Å². The summed E-state index contributed by atoms with van der Waals surface area (Å²) >= 11 is 6.23. The molecule has 0 amide bonds. The predicted molar refractivity (Wildman–Crippen MR) is 81.0 cm³/mol. The van der Waals surface area contributed by atoms with Crippen LogP contribution in [-0.2, 0) is 13.6 Å². The molecule has 0 radical (unpaired) electrons. The molecule has 0 aliphatic rings. The van der Waals surface area contributed by atoms with E-state index in [2.05, 4.69) is 10.1 Å². The highest BCUT2D eigenvalue weighted by Crippen LogP contribution is 2.27. The van der Waals surface area contributed by atoms with Crippen LogP contribution in [0.4, 0.5) is 4.39 Å². The summed E-state index contributed by atoms with van der Waals surface area (Å²) in [5.74, 6) is 0.473. The summed E-state index contributed by atoms with van der Waals surface area (Å²) in [6, 6.07) is 5.22. The zero-order valence-electron chi connectivity index (χ0n) is 12.1. The van der Waals surface area contributed by atoms with Crippen LogP contribution in [0.5, 0.6) is 0 Å². The summed E-state index contributed by atoms with van der Waals surface area (Å²) < 4.78 is 17.5. The first kappa shape index (κ1) is 14.1. The van der Waals surface area contributed by atoms with Crippen molar-refractivity contribution in [2.75, 3.05) is 0 Å². The Hall–Kier alpha value is -1.88. The molecule has 3 aromatic rings.